The van der Waals surface area contributed by atoms with Crippen molar-refractivity contribution in [2.45, 2.75) is 215 Å². The predicted octanol–water partition coefficient (Wildman–Crippen LogP) is 12.8. The van der Waals surface area contributed by atoms with Gasteiger partial charge in [-0.1, -0.05) is 174 Å². The lowest BCUT2D eigenvalue weighted by molar-refractivity contribution is -0.921. The molecule has 0 aliphatic heterocycles. The van der Waals surface area contributed by atoms with Crippen molar-refractivity contribution in [2.75, 3.05) is 38.5 Å². The summed E-state index contributed by atoms with van der Waals surface area (Å²) in [5.74, 6) is 0.196. The third-order valence-corrected chi connectivity index (χ3v) is 11.3. The molecule has 0 saturated heterocycles. The molecular formula is C39H84NO3S+. The van der Waals surface area contributed by atoms with Crippen molar-refractivity contribution in [3.05, 3.63) is 0 Å². The number of hydrogen-bond donors (Lipinski definition) is 0. The third-order valence-electron chi connectivity index (χ3n) is 9.94. The molecule has 0 spiro atoms. The lowest BCUT2D eigenvalue weighted by atomic mass is 10.0. The molecule has 4 nitrogen and oxygen atoms in total. The first-order valence-corrected chi connectivity index (χ1v) is 21.7. The highest BCUT2D eigenvalue weighted by Gasteiger charge is 2.16. The summed E-state index contributed by atoms with van der Waals surface area (Å²) in [4.78, 5) is 0. The normalized spacial score (nSPS) is 12.0. The maximum absolute atomic E-state index is 12.0. The van der Waals surface area contributed by atoms with Gasteiger partial charge >= 0.3 is 0 Å². The Bertz CT molecular complexity index is 616. The standard InChI is InChI=1S/C31H64O3S.C8H20N/c1-3-5-7-9-11-13-14-15-16-17-18-19-20-21-22-24-26-28-30-34-35(32,33)31-29-27-25-23-12-10-8-6-4-2;1-5-9(6-2,7-3)8-4/h3-31H2,1-2H3;5-8H2,1-4H3/q;+1. The van der Waals surface area contributed by atoms with Gasteiger partial charge in [-0.05, 0) is 40.5 Å². The second kappa shape index (κ2) is 35.7. The van der Waals surface area contributed by atoms with Gasteiger partial charge in [-0.25, -0.2) is 0 Å². The van der Waals surface area contributed by atoms with E-state index in [4.69, 9.17) is 4.18 Å². The van der Waals surface area contributed by atoms with Crippen molar-refractivity contribution in [3.63, 3.8) is 0 Å². The molecule has 0 amide bonds. The molecule has 0 aromatic rings. The fourth-order valence-corrected chi connectivity index (χ4v) is 7.23. The third kappa shape index (κ3) is 33.2. The minimum absolute atomic E-state index is 0.196. The van der Waals surface area contributed by atoms with Crippen LogP contribution in [-0.4, -0.2) is 51.4 Å². The molecule has 0 aliphatic carbocycles. The second-order valence-corrected chi connectivity index (χ2v) is 15.3. The Labute approximate surface area is 280 Å². The summed E-state index contributed by atoms with van der Waals surface area (Å²) in [6.07, 6.45) is 34.9. The monoisotopic (exact) mass is 647 g/mol. The zero-order valence-electron chi connectivity index (χ0n) is 31.4. The summed E-state index contributed by atoms with van der Waals surface area (Å²) in [6, 6.07) is 0. The highest BCUT2D eigenvalue weighted by molar-refractivity contribution is 7.86. The van der Waals surface area contributed by atoms with Gasteiger partial charge in [-0.2, -0.15) is 8.42 Å². The number of nitrogens with zero attached hydrogens (tertiary/aromatic N) is 1. The van der Waals surface area contributed by atoms with Gasteiger partial charge in [0.05, 0.1) is 38.5 Å². The van der Waals surface area contributed by atoms with E-state index in [1.807, 2.05) is 0 Å². The van der Waals surface area contributed by atoms with Crippen LogP contribution in [0.5, 0.6) is 0 Å². The molecule has 0 radical (unpaired) electrons. The average Bonchev–Trinajstić information content (AvgIpc) is 3.03. The van der Waals surface area contributed by atoms with Crippen molar-refractivity contribution in [3.8, 4) is 0 Å². The molecule has 0 rings (SSSR count). The van der Waals surface area contributed by atoms with Crippen molar-refractivity contribution < 1.29 is 17.1 Å². The van der Waals surface area contributed by atoms with E-state index in [0.717, 1.165) is 32.1 Å². The molecule has 5 heteroatoms. The quantitative estimate of drug-likeness (QED) is 0.0397. The van der Waals surface area contributed by atoms with Gasteiger partial charge in [0, 0.05) is 0 Å². The Morgan fingerprint density at radius 1 is 0.364 bits per heavy atom. The van der Waals surface area contributed by atoms with Gasteiger partial charge in [0.2, 0.25) is 0 Å². The van der Waals surface area contributed by atoms with Gasteiger partial charge < -0.3 is 4.48 Å². The van der Waals surface area contributed by atoms with Crippen molar-refractivity contribution in [1.82, 2.24) is 0 Å². The first-order valence-electron chi connectivity index (χ1n) is 20.1. The van der Waals surface area contributed by atoms with E-state index in [1.54, 1.807) is 0 Å². The van der Waals surface area contributed by atoms with Crippen LogP contribution < -0.4 is 0 Å². The first-order chi connectivity index (χ1) is 21.4. The summed E-state index contributed by atoms with van der Waals surface area (Å²) in [5.41, 5.74) is 0. The summed E-state index contributed by atoms with van der Waals surface area (Å²) >= 11 is 0. The fraction of sp³-hybridized carbons (Fsp3) is 1.00. The summed E-state index contributed by atoms with van der Waals surface area (Å²) in [5, 5.41) is 0. The average molecular weight is 647 g/mol. The van der Waals surface area contributed by atoms with Crippen molar-refractivity contribution >= 4 is 10.1 Å². The molecule has 0 bridgehead atoms. The molecule has 0 aliphatic rings. The molecule has 0 N–H and O–H groups in total. The topological polar surface area (TPSA) is 43.4 Å². The summed E-state index contributed by atoms with van der Waals surface area (Å²) in [7, 11) is -3.31. The van der Waals surface area contributed by atoms with E-state index in [9.17, 15) is 8.42 Å². The number of unbranched alkanes of at least 4 members (excludes halogenated alkanes) is 25. The van der Waals surface area contributed by atoms with E-state index in [0.29, 0.717) is 6.61 Å². The van der Waals surface area contributed by atoms with Crippen LogP contribution in [0.4, 0.5) is 0 Å². The van der Waals surface area contributed by atoms with Gasteiger partial charge in [-0.15, -0.1) is 0 Å². The van der Waals surface area contributed by atoms with Crippen LogP contribution in [0.1, 0.15) is 215 Å². The van der Waals surface area contributed by atoms with Crippen LogP contribution in [0.15, 0.2) is 0 Å². The Hall–Kier alpha value is -0.130. The van der Waals surface area contributed by atoms with Crippen LogP contribution >= 0.6 is 0 Å². The minimum atomic E-state index is -3.31. The fourth-order valence-electron chi connectivity index (χ4n) is 6.18. The van der Waals surface area contributed by atoms with Gasteiger partial charge in [0.15, 0.2) is 0 Å². The molecular weight excluding hydrogens is 563 g/mol. The molecule has 0 atom stereocenters. The second-order valence-electron chi connectivity index (χ2n) is 13.5. The first kappa shape index (κ1) is 46.0. The Kier molecular flexibility index (Phi) is 37.3. The van der Waals surface area contributed by atoms with Gasteiger partial charge in [-0.3, -0.25) is 4.18 Å². The van der Waals surface area contributed by atoms with Crippen LogP contribution in [0.2, 0.25) is 0 Å². The Morgan fingerprint density at radius 3 is 0.864 bits per heavy atom. The maximum atomic E-state index is 12.0. The summed E-state index contributed by atoms with van der Waals surface area (Å²) in [6.45, 7) is 19.1. The molecule has 0 unspecified atom stereocenters. The summed E-state index contributed by atoms with van der Waals surface area (Å²) < 4.78 is 30.5. The number of hydrogen-bond acceptors (Lipinski definition) is 3. The van der Waals surface area contributed by atoms with E-state index >= 15 is 0 Å². The molecule has 0 fully saturated rings. The smallest absolute Gasteiger partial charge is 0.267 e. The van der Waals surface area contributed by atoms with Crippen LogP contribution in [-0.2, 0) is 14.3 Å². The molecule has 0 heterocycles. The minimum Gasteiger partial charge on any atom is -0.325 e. The van der Waals surface area contributed by atoms with E-state index < -0.39 is 10.1 Å². The lowest BCUT2D eigenvalue weighted by Crippen LogP contribution is -2.47. The van der Waals surface area contributed by atoms with Gasteiger partial charge in [0.25, 0.3) is 10.1 Å². The molecule has 268 valence electrons. The highest BCUT2D eigenvalue weighted by atomic mass is 32.2. The van der Waals surface area contributed by atoms with Crippen LogP contribution in [0.25, 0.3) is 0 Å². The van der Waals surface area contributed by atoms with Crippen molar-refractivity contribution in [2.24, 2.45) is 0 Å². The zero-order chi connectivity index (χ0) is 33.0. The molecule has 0 aromatic heterocycles. The number of rotatable bonds is 34. The Balaban J connectivity index is 0. The predicted molar refractivity (Wildman–Crippen MR) is 198 cm³/mol. The van der Waals surface area contributed by atoms with Crippen LogP contribution in [0.3, 0.4) is 0 Å². The molecule has 44 heavy (non-hydrogen) atoms. The zero-order valence-corrected chi connectivity index (χ0v) is 32.2. The van der Waals surface area contributed by atoms with E-state index in [-0.39, 0.29) is 5.75 Å². The van der Waals surface area contributed by atoms with Crippen molar-refractivity contribution in [1.29, 1.82) is 0 Å². The molecule has 0 saturated carbocycles. The number of quaternary nitrogens is 1. The molecule has 0 aromatic carbocycles. The maximum Gasteiger partial charge on any atom is 0.267 e. The van der Waals surface area contributed by atoms with Crippen LogP contribution in [0, 0.1) is 0 Å². The van der Waals surface area contributed by atoms with E-state index in [1.165, 1.54) is 172 Å². The largest absolute Gasteiger partial charge is 0.325 e. The Morgan fingerprint density at radius 2 is 0.614 bits per heavy atom. The SMILES string of the molecule is CCCCCCCCCCCCCCCCCCCCOS(=O)(=O)CCCCCCCCCCC.CC[N+](CC)(CC)CC. The van der Waals surface area contributed by atoms with Gasteiger partial charge in [0.1, 0.15) is 0 Å². The highest BCUT2D eigenvalue weighted by Crippen LogP contribution is 2.15. The lowest BCUT2D eigenvalue weighted by Gasteiger charge is -2.34. The van der Waals surface area contributed by atoms with E-state index in [2.05, 4.69) is 41.5 Å².